The second-order valence-electron chi connectivity index (χ2n) is 4.26. The zero-order valence-electron chi connectivity index (χ0n) is 8.54. The van der Waals surface area contributed by atoms with Gasteiger partial charge in [-0.2, -0.15) is 0 Å². The largest absolute Gasteiger partial charge is 0.299 e. The predicted molar refractivity (Wildman–Crippen MR) is 55.5 cm³/mol. The fraction of sp³-hybridized carbons (Fsp3) is 0.500. The molecule has 0 saturated carbocycles. The van der Waals surface area contributed by atoms with Crippen LogP contribution < -0.4 is 0 Å². The Hall–Kier alpha value is -0.890. The monoisotopic (exact) mass is 193 g/mol. The first-order valence-corrected chi connectivity index (χ1v) is 5.21. The molecular weight excluding hydrogens is 177 g/mol. The molecule has 1 atom stereocenters. The van der Waals surface area contributed by atoms with Crippen LogP contribution in [0.1, 0.15) is 18.9 Å². The molecule has 1 aromatic carbocycles. The summed E-state index contributed by atoms with van der Waals surface area (Å²) in [7, 11) is 0. The van der Waals surface area contributed by atoms with Gasteiger partial charge in [0.15, 0.2) is 0 Å². The van der Waals surface area contributed by atoms with Crippen molar-refractivity contribution in [2.45, 2.75) is 19.9 Å². The van der Waals surface area contributed by atoms with E-state index in [0.717, 1.165) is 12.5 Å². The van der Waals surface area contributed by atoms with E-state index in [-0.39, 0.29) is 5.82 Å². The van der Waals surface area contributed by atoms with Crippen LogP contribution in [0.4, 0.5) is 4.39 Å². The van der Waals surface area contributed by atoms with E-state index in [9.17, 15) is 4.39 Å². The van der Waals surface area contributed by atoms with E-state index in [0.29, 0.717) is 0 Å². The Morgan fingerprint density at radius 1 is 1.36 bits per heavy atom. The number of hydrogen-bond acceptors (Lipinski definition) is 1. The average Bonchev–Trinajstić information content (AvgIpc) is 2.56. The van der Waals surface area contributed by atoms with Gasteiger partial charge in [-0.05, 0) is 36.6 Å². The van der Waals surface area contributed by atoms with Gasteiger partial charge in [0, 0.05) is 13.1 Å². The van der Waals surface area contributed by atoms with E-state index in [4.69, 9.17) is 0 Å². The fourth-order valence-electron chi connectivity index (χ4n) is 2.02. The van der Waals surface area contributed by atoms with E-state index >= 15 is 0 Å². The van der Waals surface area contributed by atoms with Crippen molar-refractivity contribution >= 4 is 0 Å². The third-order valence-corrected chi connectivity index (χ3v) is 2.83. The maximum absolute atomic E-state index is 12.6. The van der Waals surface area contributed by atoms with Crippen molar-refractivity contribution in [2.75, 3.05) is 13.1 Å². The third kappa shape index (κ3) is 2.32. The van der Waals surface area contributed by atoms with Gasteiger partial charge in [0.2, 0.25) is 0 Å². The molecule has 1 aliphatic heterocycles. The van der Waals surface area contributed by atoms with Crippen molar-refractivity contribution in [3.05, 3.63) is 35.6 Å². The smallest absolute Gasteiger partial charge is 0.123 e. The van der Waals surface area contributed by atoms with Gasteiger partial charge in [0.05, 0.1) is 0 Å². The summed E-state index contributed by atoms with van der Waals surface area (Å²) >= 11 is 0. The fourth-order valence-corrected chi connectivity index (χ4v) is 2.02. The summed E-state index contributed by atoms with van der Waals surface area (Å²) in [5.41, 5.74) is 1.21. The van der Waals surface area contributed by atoms with E-state index in [2.05, 4.69) is 11.8 Å². The van der Waals surface area contributed by atoms with Gasteiger partial charge >= 0.3 is 0 Å². The van der Waals surface area contributed by atoms with E-state index in [1.54, 1.807) is 0 Å². The summed E-state index contributed by atoms with van der Waals surface area (Å²) in [4.78, 5) is 2.43. The highest BCUT2D eigenvalue weighted by molar-refractivity contribution is 5.16. The maximum atomic E-state index is 12.6. The van der Waals surface area contributed by atoms with Gasteiger partial charge in [0.1, 0.15) is 5.82 Å². The summed E-state index contributed by atoms with van der Waals surface area (Å²) in [6, 6.07) is 6.82. The summed E-state index contributed by atoms with van der Waals surface area (Å²) < 4.78 is 12.6. The highest BCUT2D eigenvalue weighted by Crippen LogP contribution is 2.17. The number of hydrogen-bond donors (Lipinski definition) is 0. The molecule has 2 rings (SSSR count). The van der Waals surface area contributed by atoms with Crippen LogP contribution >= 0.6 is 0 Å². The lowest BCUT2D eigenvalue weighted by Gasteiger charge is -2.14. The van der Waals surface area contributed by atoms with Gasteiger partial charge in [-0.15, -0.1) is 0 Å². The highest BCUT2D eigenvalue weighted by atomic mass is 19.1. The zero-order chi connectivity index (χ0) is 9.97. The summed E-state index contributed by atoms with van der Waals surface area (Å²) in [6.07, 6.45) is 1.29. The van der Waals surface area contributed by atoms with Gasteiger partial charge in [0.25, 0.3) is 0 Å². The molecule has 0 N–H and O–H groups in total. The molecule has 2 heteroatoms. The summed E-state index contributed by atoms with van der Waals surface area (Å²) in [6.45, 7) is 5.60. The maximum Gasteiger partial charge on any atom is 0.123 e. The first-order valence-electron chi connectivity index (χ1n) is 5.21. The Bertz CT molecular complexity index is 294. The van der Waals surface area contributed by atoms with Crippen molar-refractivity contribution < 1.29 is 4.39 Å². The Kier molecular flexibility index (Phi) is 2.82. The van der Waals surface area contributed by atoms with Crippen LogP contribution in [-0.4, -0.2) is 18.0 Å². The second-order valence-corrected chi connectivity index (χ2v) is 4.26. The Morgan fingerprint density at radius 2 is 2.07 bits per heavy atom. The Balaban J connectivity index is 1.94. The molecule has 1 nitrogen and oxygen atoms in total. The van der Waals surface area contributed by atoms with Crippen molar-refractivity contribution in [3.8, 4) is 0 Å². The molecule has 1 aromatic rings. The minimum Gasteiger partial charge on any atom is -0.299 e. The first-order chi connectivity index (χ1) is 6.74. The molecular formula is C12H16FN. The number of benzene rings is 1. The van der Waals surface area contributed by atoms with Gasteiger partial charge in [-0.1, -0.05) is 19.1 Å². The molecule has 0 amide bonds. The molecule has 76 valence electrons. The molecule has 1 aliphatic rings. The average molecular weight is 193 g/mol. The number of rotatable bonds is 2. The Labute approximate surface area is 84.5 Å². The minimum absolute atomic E-state index is 0.150. The van der Waals surface area contributed by atoms with Gasteiger partial charge in [-0.25, -0.2) is 4.39 Å². The van der Waals surface area contributed by atoms with E-state index in [1.165, 1.54) is 37.2 Å². The lowest BCUT2D eigenvalue weighted by molar-refractivity contribution is 0.320. The Morgan fingerprint density at radius 3 is 2.64 bits per heavy atom. The molecule has 1 saturated heterocycles. The van der Waals surface area contributed by atoms with Crippen LogP contribution in [0.2, 0.25) is 0 Å². The third-order valence-electron chi connectivity index (χ3n) is 2.83. The van der Waals surface area contributed by atoms with E-state index < -0.39 is 0 Å². The zero-order valence-corrected chi connectivity index (χ0v) is 8.54. The lowest BCUT2D eigenvalue weighted by atomic mass is 10.2. The van der Waals surface area contributed by atoms with Crippen molar-refractivity contribution in [3.63, 3.8) is 0 Å². The standard InChI is InChI=1S/C12H16FN/c1-10-6-7-14(8-10)9-11-2-4-12(13)5-3-11/h2-5,10H,6-9H2,1H3. The molecule has 1 heterocycles. The molecule has 0 aromatic heterocycles. The molecule has 14 heavy (non-hydrogen) atoms. The molecule has 0 aliphatic carbocycles. The number of halogens is 1. The van der Waals surface area contributed by atoms with E-state index in [1.807, 2.05) is 12.1 Å². The van der Waals surface area contributed by atoms with Crippen LogP contribution in [0.5, 0.6) is 0 Å². The molecule has 1 fully saturated rings. The predicted octanol–water partition coefficient (Wildman–Crippen LogP) is 2.67. The van der Waals surface area contributed by atoms with Crippen molar-refractivity contribution in [1.82, 2.24) is 4.90 Å². The number of nitrogens with zero attached hydrogens (tertiary/aromatic N) is 1. The molecule has 0 spiro atoms. The van der Waals surface area contributed by atoms with Crippen molar-refractivity contribution in [2.24, 2.45) is 5.92 Å². The summed E-state index contributed by atoms with van der Waals surface area (Å²) in [5, 5.41) is 0. The van der Waals surface area contributed by atoms with Crippen molar-refractivity contribution in [1.29, 1.82) is 0 Å². The highest BCUT2D eigenvalue weighted by Gasteiger charge is 2.18. The van der Waals surface area contributed by atoms with Crippen LogP contribution in [0, 0.1) is 11.7 Å². The second kappa shape index (κ2) is 4.09. The van der Waals surface area contributed by atoms with Crippen LogP contribution in [0.3, 0.4) is 0 Å². The number of likely N-dealkylation sites (tertiary alicyclic amines) is 1. The summed E-state index contributed by atoms with van der Waals surface area (Å²) in [5.74, 6) is 0.666. The molecule has 0 bridgehead atoms. The van der Waals surface area contributed by atoms with Crippen LogP contribution in [0.15, 0.2) is 24.3 Å². The quantitative estimate of drug-likeness (QED) is 0.698. The lowest BCUT2D eigenvalue weighted by Crippen LogP contribution is -2.19. The minimum atomic E-state index is -0.150. The molecule has 0 radical (unpaired) electrons. The SMILES string of the molecule is CC1CCN(Cc2ccc(F)cc2)C1. The van der Waals surface area contributed by atoms with Gasteiger partial charge < -0.3 is 0 Å². The van der Waals surface area contributed by atoms with Crippen LogP contribution in [0.25, 0.3) is 0 Å². The van der Waals surface area contributed by atoms with Crippen LogP contribution in [-0.2, 0) is 6.54 Å². The normalized spacial score (nSPS) is 22.9. The topological polar surface area (TPSA) is 3.24 Å². The first kappa shape index (κ1) is 9.66. The van der Waals surface area contributed by atoms with Gasteiger partial charge in [-0.3, -0.25) is 4.90 Å². The molecule has 1 unspecified atom stereocenters.